The van der Waals surface area contributed by atoms with E-state index in [9.17, 15) is 0 Å². The standard InChI is InChI=1S/C17H27N3OS.HI/c1-3-18-17(20-15-10-13-6-7-16(15)21-13)19-11-12(2)9-14-5-4-8-22-14;/h4-5,8,12-13,15-16H,3,6-7,9-11H2,1-2H3,(H2,18,19,20);1H. The van der Waals surface area contributed by atoms with Crippen molar-refractivity contribution in [2.24, 2.45) is 10.9 Å². The number of hydrogen-bond acceptors (Lipinski definition) is 3. The van der Waals surface area contributed by atoms with Crippen molar-refractivity contribution >= 4 is 41.3 Å². The fourth-order valence-corrected chi connectivity index (χ4v) is 4.24. The summed E-state index contributed by atoms with van der Waals surface area (Å²) in [5.41, 5.74) is 0. The van der Waals surface area contributed by atoms with Crippen LogP contribution in [0.3, 0.4) is 0 Å². The van der Waals surface area contributed by atoms with Crippen molar-refractivity contribution in [2.75, 3.05) is 13.1 Å². The van der Waals surface area contributed by atoms with E-state index in [1.807, 2.05) is 11.3 Å². The van der Waals surface area contributed by atoms with E-state index >= 15 is 0 Å². The van der Waals surface area contributed by atoms with Crippen LogP contribution in [0.4, 0.5) is 0 Å². The highest BCUT2D eigenvalue weighted by atomic mass is 127. The maximum absolute atomic E-state index is 5.92. The molecule has 4 nitrogen and oxygen atoms in total. The summed E-state index contributed by atoms with van der Waals surface area (Å²) in [6.07, 6.45) is 5.52. The van der Waals surface area contributed by atoms with Gasteiger partial charge in [-0.25, -0.2) is 0 Å². The fourth-order valence-electron chi connectivity index (χ4n) is 3.37. The zero-order valence-corrected chi connectivity index (χ0v) is 17.1. The van der Waals surface area contributed by atoms with Gasteiger partial charge >= 0.3 is 0 Å². The van der Waals surface area contributed by atoms with Crippen LogP contribution in [0, 0.1) is 5.92 Å². The Balaban J connectivity index is 0.00000192. The maximum atomic E-state index is 5.92. The lowest BCUT2D eigenvalue weighted by atomic mass is 9.96. The fraction of sp³-hybridized carbons (Fsp3) is 0.706. The smallest absolute Gasteiger partial charge is 0.191 e. The van der Waals surface area contributed by atoms with Crippen molar-refractivity contribution in [2.45, 2.75) is 57.8 Å². The van der Waals surface area contributed by atoms with E-state index in [2.05, 4.69) is 42.0 Å². The lowest BCUT2D eigenvalue weighted by Crippen LogP contribution is -2.47. The van der Waals surface area contributed by atoms with Gasteiger partial charge in [0.25, 0.3) is 0 Å². The van der Waals surface area contributed by atoms with E-state index in [1.54, 1.807) is 0 Å². The highest BCUT2D eigenvalue weighted by Crippen LogP contribution is 2.34. The van der Waals surface area contributed by atoms with E-state index in [4.69, 9.17) is 9.73 Å². The molecule has 23 heavy (non-hydrogen) atoms. The van der Waals surface area contributed by atoms with Gasteiger partial charge in [-0.2, -0.15) is 0 Å². The third-order valence-electron chi connectivity index (χ3n) is 4.46. The lowest BCUT2D eigenvalue weighted by Gasteiger charge is -2.23. The molecule has 4 unspecified atom stereocenters. The number of guanidine groups is 1. The van der Waals surface area contributed by atoms with Gasteiger partial charge in [0.2, 0.25) is 0 Å². The zero-order valence-electron chi connectivity index (χ0n) is 14.0. The molecule has 2 aliphatic rings. The van der Waals surface area contributed by atoms with E-state index < -0.39 is 0 Å². The Morgan fingerprint density at radius 1 is 1.48 bits per heavy atom. The van der Waals surface area contributed by atoms with Crippen LogP contribution in [-0.2, 0) is 11.2 Å². The first-order valence-corrected chi connectivity index (χ1v) is 9.35. The Kier molecular flexibility index (Phi) is 7.62. The molecule has 2 aliphatic heterocycles. The number of nitrogens with zero attached hydrogens (tertiary/aromatic N) is 1. The molecule has 2 N–H and O–H groups in total. The molecule has 4 atom stereocenters. The average molecular weight is 449 g/mol. The number of nitrogens with one attached hydrogen (secondary N) is 2. The molecule has 2 bridgehead atoms. The number of halogens is 1. The third kappa shape index (κ3) is 5.32. The second kappa shape index (κ2) is 9.22. The lowest BCUT2D eigenvalue weighted by molar-refractivity contribution is 0.0992. The molecule has 1 aromatic heterocycles. The zero-order chi connectivity index (χ0) is 15.4. The summed E-state index contributed by atoms with van der Waals surface area (Å²) >= 11 is 1.83. The average Bonchev–Trinajstić information content (AvgIpc) is 3.22. The molecular weight excluding hydrogens is 421 g/mol. The van der Waals surface area contributed by atoms with Crippen molar-refractivity contribution in [1.82, 2.24) is 10.6 Å². The molecule has 130 valence electrons. The second-order valence-electron chi connectivity index (χ2n) is 6.47. The number of hydrogen-bond donors (Lipinski definition) is 2. The monoisotopic (exact) mass is 449 g/mol. The summed E-state index contributed by atoms with van der Waals surface area (Å²) in [5, 5.41) is 9.09. The van der Waals surface area contributed by atoms with Crippen LogP contribution in [0.5, 0.6) is 0 Å². The predicted molar refractivity (Wildman–Crippen MR) is 108 cm³/mol. The van der Waals surface area contributed by atoms with Crippen molar-refractivity contribution in [3.05, 3.63) is 22.4 Å². The highest BCUT2D eigenvalue weighted by Gasteiger charge is 2.41. The Hall–Kier alpha value is -0.340. The van der Waals surface area contributed by atoms with Gasteiger partial charge in [0.15, 0.2) is 5.96 Å². The van der Waals surface area contributed by atoms with Gasteiger partial charge in [0.05, 0.1) is 18.2 Å². The Bertz CT molecular complexity index is 494. The summed E-state index contributed by atoms with van der Waals surface area (Å²) < 4.78 is 5.92. The quantitative estimate of drug-likeness (QED) is 0.398. The van der Waals surface area contributed by atoms with Gasteiger partial charge < -0.3 is 15.4 Å². The van der Waals surface area contributed by atoms with Crippen molar-refractivity contribution in [3.8, 4) is 0 Å². The number of fused-ring (bicyclic) bond motifs is 2. The molecule has 1 aromatic rings. The molecule has 0 spiro atoms. The summed E-state index contributed by atoms with van der Waals surface area (Å²) in [4.78, 5) is 6.23. The molecule has 0 aromatic carbocycles. The SMILES string of the molecule is CCNC(=NCC(C)Cc1cccs1)NC1CC2CCC1O2.I. The minimum absolute atomic E-state index is 0. The normalized spacial score (nSPS) is 27.6. The summed E-state index contributed by atoms with van der Waals surface area (Å²) in [6, 6.07) is 4.77. The van der Waals surface area contributed by atoms with Gasteiger partial charge in [0.1, 0.15) is 0 Å². The topological polar surface area (TPSA) is 45.7 Å². The van der Waals surface area contributed by atoms with Crippen LogP contribution in [0.2, 0.25) is 0 Å². The molecule has 2 saturated heterocycles. The van der Waals surface area contributed by atoms with Gasteiger partial charge in [0, 0.05) is 18.0 Å². The first-order valence-electron chi connectivity index (χ1n) is 8.47. The van der Waals surface area contributed by atoms with Crippen LogP contribution in [0.25, 0.3) is 0 Å². The minimum atomic E-state index is 0. The predicted octanol–water partition coefficient (Wildman–Crippen LogP) is 3.42. The van der Waals surface area contributed by atoms with Crippen LogP contribution >= 0.6 is 35.3 Å². The summed E-state index contributed by atoms with van der Waals surface area (Å²) in [5.74, 6) is 1.51. The maximum Gasteiger partial charge on any atom is 0.191 e. The van der Waals surface area contributed by atoms with E-state index in [0.717, 1.165) is 31.9 Å². The highest BCUT2D eigenvalue weighted by molar-refractivity contribution is 14.0. The molecule has 3 rings (SSSR count). The van der Waals surface area contributed by atoms with E-state index in [-0.39, 0.29) is 24.0 Å². The van der Waals surface area contributed by atoms with E-state index in [0.29, 0.717) is 24.2 Å². The Morgan fingerprint density at radius 2 is 2.35 bits per heavy atom. The van der Waals surface area contributed by atoms with Gasteiger partial charge in [-0.05, 0) is 50.0 Å². The van der Waals surface area contributed by atoms with Crippen molar-refractivity contribution in [1.29, 1.82) is 0 Å². The first-order chi connectivity index (χ1) is 10.7. The number of aliphatic imine (C=N–C) groups is 1. The molecule has 6 heteroatoms. The number of rotatable bonds is 6. The van der Waals surface area contributed by atoms with Crippen LogP contribution in [-0.4, -0.2) is 37.3 Å². The molecule has 0 saturated carbocycles. The molecular formula is C17H28IN3OS. The summed E-state index contributed by atoms with van der Waals surface area (Å²) in [6.45, 7) is 6.14. The molecule has 0 amide bonds. The minimum Gasteiger partial charge on any atom is -0.373 e. The Labute approximate surface area is 160 Å². The molecule has 0 radical (unpaired) electrons. The number of thiophene rings is 1. The van der Waals surface area contributed by atoms with Crippen molar-refractivity contribution < 1.29 is 4.74 Å². The van der Waals surface area contributed by atoms with Gasteiger partial charge in [-0.3, -0.25) is 4.99 Å². The van der Waals surface area contributed by atoms with E-state index in [1.165, 1.54) is 17.7 Å². The first kappa shape index (κ1) is 19.0. The molecule has 0 aliphatic carbocycles. The molecule has 2 fully saturated rings. The molecule has 3 heterocycles. The van der Waals surface area contributed by atoms with Gasteiger partial charge in [-0.15, -0.1) is 35.3 Å². The third-order valence-corrected chi connectivity index (χ3v) is 5.36. The van der Waals surface area contributed by atoms with Gasteiger partial charge in [-0.1, -0.05) is 13.0 Å². The van der Waals surface area contributed by atoms with Crippen LogP contribution < -0.4 is 10.6 Å². The number of ether oxygens (including phenoxy) is 1. The van der Waals surface area contributed by atoms with Crippen LogP contribution in [0.1, 0.15) is 38.0 Å². The Morgan fingerprint density at radius 3 is 2.96 bits per heavy atom. The van der Waals surface area contributed by atoms with Crippen molar-refractivity contribution in [3.63, 3.8) is 0 Å². The summed E-state index contributed by atoms with van der Waals surface area (Å²) in [7, 11) is 0. The largest absolute Gasteiger partial charge is 0.373 e. The second-order valence-corrected chi connectivity index (χ2v) is 7.50. The van der Waals surface area contributed by atoms with Crippen LogP contribution in [0.15, 0.2) is 22.5 Å².